The Morgan fingerprint density at radius 3 is 2.67 bits per heavy atom. The van der Waals surface area contributed by atoms with Gasteiger partial charge in [0.15, 0.2) is 5.65 Å². The molecule has 1 N–H and O–H groups in total. The van der Waals surface area contributed by atoms with E-state index in [-0.39, 0.29) is 0 Å². The molecule has 0 amide bonds. The van der Waals surface area contributed by atoms with Gasteiger partial charge in [-0.15, -0.1) is 0 Å². The van der Waals surface area contributed by atoms with Gasteiger partial charge in [-0.05, 0) is 31.0 Å². The molecule has 0 bridgehead atoms. The van der Waals surface area contributed by atoms with Crippen LogP contribution in [-0.4, -0.2) is 46.2 Å². The smallest absolute Gasteiger partial charge is 0.177 e. The van der Waals surface area contributed by atoms with Gasteiger partial charge in [-0.2, -0.15) is 0 Å². The molecule has 124 valence electrons. The van der Waals surface area contributed by atoms with Crippen molar-refractivity contribution in [2.45, 2.75) is 19.9 Å². The second-order valence-electron chi connectivity index (χ2n) is 6.34. The molecule has 1 atom stereocenters. The molecule has 1 unspecified atom stereocenters. The lowest BCUT2D eigenvalue weighted by molar-refractivity contribution is 0.0198. The molecule has 5 heteroatoms. The fourth-order valence-electron chi connectivity index (χ4n) is 3.37. The van der Waals surface area contributed by atoms with Crippen molar-refractivity contribution < 1.29 is 4.74 Å². The van der Waals surface area contributed by atoms with Gasteiger partial charge >= 0.3 is 0 Å². The van der Waals surface area contributed by atoms with Crippen molar-refractivity contribution in [2.24, 2.45) is 0 Å². The van der Waals surface area contributed by atoms with Crippen LogP contribution in [0, 0.1) is 6.92 Å². The summed E-state index contributed by atoms with van der Waals surface area (Å²) in [5.41, 5.74) is 6.43. The SMILES string of the molecule is Cc1nc2nc[nH]c2cc1-c1ccc(C(C)N2CCOCC2)cc1. The molecule has 3 heterocycles. The minimum atomic E-state index is 0.414. The number of benzene rings is 1. The Kier molecular flexibility index (Phi) is 4.04. The normalized spacial score (nSPS) is 17.2. The Bertz CT molecular complexity index is 834. The molecule has 3 aromatic rings. The van der Waals surface area contributed by atoms with Crippen molar-refractivity contribution in [3.8, 4) is 11.1 Å². The number of morpholine rings is 1. The van der Waals surface area contributed by atoms with E-state index < -0.39 is 0 Å². The third kappa shape index (κ3) is 2.81. The van der Waals surface area contributed by atoms with Crippen molar-refractivity contribution in [3.63, 3.8) is 0 Å². The average Bonchev–Trinajstić information content (AvgIpc) is 3.08. The van der Waals surface area contributed by atoms with Crippen molar-refractivity contribution in [2.75, 3.05) is 26.3 Å². The van der Waals surface area contributed by atoms with Gasteiger partial charge < -0.3 is 9.72 Å². The highest BCUT2D eigenvalue weighted by molar-refractivity contribution is 5.79. The fraction of sp³-hybridized carbons (Fsp3) is 0.368. The van der Waals surface area contributed by atoms with Crippen molar-refractivity contribution in [1.29, 1.82) is 0 Å². The van der Waals surface area contributed by atoms with Crippen molar-refractivity contribution in [1.82, 2.24) is 19.9 Å². The lowest BCUT2D eigenvalue weighted by atomic mass is 9.99. The Morgan fingerprint density at radius 2 is 1.92 bits per heavy atom. The zero-order valence-electron chi connectivity index (χ0n) is 14.1. The van der Waals surface area contributed by atoms with Crippen LogP contribution in [0.3, 0.4) is 0 Å². The number of fused-ring (bicyclic) bond motifs is 1. The number of nitrogens with zero attached hydrogens (tertiary/aromatic N) is 3. The van der Waals surface area contributed by atoms with Gasteiger partial charge in [-0.25, -0.2) is 9.97 Å². The second-order valence-corrected chi connectivity index (χ2v) is 6.34. The topological polar surface area (TPSA) is 54.0 Å². The maximum absolute atomic E-state index is 5.45. The van der Waals surface area contributed by atoms with Gasteiger partial charge in [0.25, 0.3) is 0 Å². The first kappa shape index (κ1) is 15.3. The number of ether oxygens (including phenoxy) is 1. The van der Waals surface area contributed by atoms with E-state index in [1.54, 1.807) is 6.33 Å². The number of imidazole rings is 1. The molecule has 4 rings (SSSR count). The number of aryl methyl sites for hydroxylation is 1. The minimum absolute atomic E-state index is 0.414. The molecule has 1 fully saturated rings. The highest BCUT2D eigenvalue weighted by Crippen LogP contribution is 2.28. The first-order valence-electron chi connectivity index (χ1n) is 8.45. The molecule has 0 aliphatic carbocycles. The van der Waals surface area contributed by atoms with Crippen LogP contribution < -0.4 is 0 Å². The molecule has 0 saturated carbocycles. The zero-order valence-corrected chi connectivity index (χ0v) is 14.1. The van der Waals surface area contributed by atoms with E-state index in [0.717, 1.165) is 48.7 Å². The molecular formula is C19H22N4O. The first-order valence-corrected chi connectivity index (χ1v) is 8.45. The second kappa shape index (κ2) is 6.34. The van der Waals surface area contributed by atoms with Crippen molar-refractivity contribution >= 4 is 11.2 Å². The van der Waals surface area contributed by atoms with Gasteiger partial charge in [0.1, 0.15) is 0 Å². The number of hydrogen-bond donors (Lipinski definition) is 1. The molecule has 0 spiro atoms. The highest BCUT2D eigenvalue weighted by atomic mass is 16.5. The minimum Gasteiger partial charge on any atom is -0.379 e. The summed E-state index contributed by atoms with van der Waals surface area (Å²) in [5, 5.41) is 0. The number of pyridine rings is 1. The predicted molar refractivity (Wildman–Crippen MR) is 94.9 cm³/mol. The fourth-order valence-corrected chi connectivity index (χ4v) is 3.37. The lowest BCUT2D eigenvalue weighted by Gasteiger charge is -2.32. The van der Waals surface area contributed by atoms with E-state index >= 15 is 0 Å². The molecule has 1 aliphatic rings. The molecule has 24 heavy (non-hydrogen) atoms. The lowest BCUT2D eigenvalue weighted by Crippen LogP contribution is -2.37. The molecule has 5 nitrogen and oxygen atoms in total. The maximum Gasteiger partial charge on any atom is 0.177 e. The number of nitrogens with one attached hydrogen (secondary N) is 1. The Hall–Kier alpha value is -2.24. The first-order chi connectivity index (χ1) is 11.7. The van der Waals surface area contributed by atoms with Gasteiger partial charge in [0, 0.05) is 30.4 Å². The zero-order chi connectivity index (χ0) is 16.5. The monoisotopic (exact) mass is 322 g/mol. The van der Waals surface area contributed by atoms with Crippen LogP contribution in [0.4, 0.5) is 0 Å². The Labute approximate surface area is 141 Å². The number of H-pyrrole nitrogens is 1. The summed E-state index contributed by atoms with van der Waals surface area (Å²) < 4.78 is 5.45. The molecular weight excluding hydrogens is 300 g/mol. The predicted octanol–water partition coefficient (Wildman–Crippen LogP) is 3.33. The third-order valence-corrected chi connectivity index (χ3v) is 4.90. The maximum atomic E-state index is 5.45. The van der Waals surface area contributed by atoms with Crippen LogP contribution in [0.2, 0.25) is 0 Å². The number of aromatic amines is 1. The van der Waals surface area contributed by atoms with Crippen LogP contribution in [-0.2, 0) is 4.74 Å². The summed E-state index contributed by atoms with van der Waals surface area (Å²) >= 11 is 0. The molecule has 0 radical (unpaired) electrons. The van der Waals surface area contributed by atoms with Gasteiger partial charge in [0.2, 0.25) is 0 Å². The van der Waals surface area contributed by atoms with Gasteiger partial charge in [-0.1, -0.05) is 24.3 Å². The van der Waals surface area contributed by atoms with E-state index in [0.29, 0.717) is 6.04 Å². The largest absolute Gasteiger partial charge is 0.379 e. The summed E-state index contributed by atoms with van der Waals surface area (Å²) in [7, 11) is 0. The van der Waals surface area contributed by atoms with E-state index in [9.17, 15) is 0 Å². The standard InChI is InChI=1S/C19H22N4O/c1-13-17(11-18-19(22-13)21-12-20-18)16-5-3-15(4-6-16)14(2)23-7-9-24-10-8-23/h3-6,11-12,14H,7-10H2,1-2H3,(H,20,21,22). The summed E-state index contributed by atoms with van der Waals surface area (Å²) in [4.78, 5) is 14.4. The van der Waals surface area contributed by atoms with Crippen molar-refractivity contribution in [3.05, 3.63) is 47.9 Å². The average molecular weight is 322 g/mol. The van der Waals surface area contributed by atoms with Gasteiger partial charge in [-0.3, -0.25) is 4.90 Å². The quantitative estimate of drug-likeness (QED) is 0.803. The Morgan fingerprint density at radius 1 is 1.17 bits per heavy atom. The van der Waals surface area contributed by atoms with Crippen LogP contribution in [0.1, 0.15) is 24.2 Å². The van der Waals surface area contributed by atoms with Gasteiger partial charge in [0.05, 0.1) is 25.1 Å². The molecule has 2 aromatic heterocycles. The van der Waals surface area contributed by atoms with Crippen LogP contribution >= 0.6 is 0 Å². The van der Waals surface area contributed by atoms with E-state index in [1.807, 2.05) is 6.92 Å². The van der Waals surface area contributed by atoms with Crippen LogP contribution in [0.5, 0.6) is 0 Å². The summed E-state index contributed by atoms with van der Waals surface area (Å²) in [5.74, 6) is 0. The molecule has 1 aromatic carbocycles. The third-order valence-electron chi connectivity index (χ3n) is 4.90. The Balaban J connectivity index is 1.61. The number of aromatic nitrogens is 3. The van der Waals surface area contributed by atoms with Crippen LogP contribution in [0.15, 0.2) is 36.7 Å². The van der Waals surface area contributed by atoms with Crippen LogP contribution in [0.25, 0.3) is 22.3 Å². The summed E-state index contributed by atoms with van der Waals surface area (Å²) in [6.07, 6.45) is 1.69. The molecule has 1 aliphatic heterocycles. The summed E-state index contributed by atoms with van der Waals surface area (Å²) in [6.45, 7) is 7.97. The van der Waals surface area contributed by atoms with E-state index in [4.69, 9.17) is 4.74 Å². The van der Waals surface area contributed by atoms with E-state index in [1.165, 1.54) is 11.1 Å². The number of rotatable bonds is 3. The number of hydrogen-bond acceptors (Lipinski definition) is 4. The highest BCUT2D eigenvalue weighted by Gasteiger charge is 2.18. The van der Waals surface area contributed by atoms with E-state index in [2.05, 4.69) is 57.1 Å². The molecule has 1 saturated heterocycles. The summed E-state index contributed by atoms with van der Waals surface area (Å²) in [6, 6.07) is 11.4.